The summed E-state index contributed by atoms with van der Waals surface area (Å²) in [6.45, 7) is 6.72. The quantitative estimate of drug-likeness (QED) is 0.617. The molecule has 2 fully saturated rings. The zero-order valence-electron chi connectivity index (χ0n) is 19.2. The van der Waals surface area contributed by atoms with Crippen LogP contribution in [0.15, 0.2) is 36.4 Å². The zero-order chi connectivity index (χ0) is 23.4. The Bertz CT molecular complexity index is 990. The molecule has 0 saturated carbocycles. The van der Waals surface area contributed by atoms with E-state index in [0.717, 1.165) is 37.2 Å². The first-order valence-electron chi connectivity index (χ1n) is 11.6. The van der Waals surface area contributed by atoms with Crippen LogP contribution in [0.2, 0.25) is 0 Å². The second-order valence-electron chi connectivity index (χ2n) is 9.13. The number of amides is 3. The zero-order valence-corrected chi connectivity index (χ0v) is 19.2. The number of rotatable bonds is 8. The van der Waals surface area contributed by atoms with Crippen molar-refractivity contribution in [3.63, 3.8) is 0 Å². The Kier molecular flexibility index (Phi) is 7.35. The van der Waals surface area contributed by atoms with E-state index in [2.05, 4.69) is 10.3 Å². The van der Waals surface area contributed by atoms with Gasteiger partial charge in [-0.15, -0.1) is 0 Å². The Morgan fingerprint density at radius 1 is 1.12 bits per heavy atom. The van der Waals surface area contributed by atoms with Crippen LogP contribution in [0.4, 0.5) is 9.18 Å². The van der Waals surface area contributed by atoms with Crippen LogP contribution in [0.3, 0.4) is 0 Å². The molecule has 0 aliphatic carbocycles. The van der Waals surface area contributed by atoms with Crippen LogP contribution >= 0.6 is 0 Å². The highest BCUT2D eigenvalue weighted by atomic mass is 19.1. The van der Waals surface area contributed by atoms with Gasteiger partial charge in [-0.3, -0.25) is 9.69 Å². The van der Waals surface area contributed by atoms with Crippen LogP contribution in [0.5, 0.6) is 0 Å². The summed E-state index contributed by atoms with van der Waals surface area (Å²) in [5.41, 5.74) is 2.89. The fraction of sp³-hybridized carbons (Fsp3) is 0.480. The first-order valence-corrected chi connectivity index (χ1v) is 11.6. The number of imide groups is 1. The first-order chi connectivity index (χ1) is 15.9. The lowest BCUT2D eigenvalue weighted by atomic mass is 10.1. The molecule has 0 unspecified atom stereocenters. The Hall–Kier alpha value is -2.84. The summed E-state index contributed by atoms with van der Waals surface area (Å²) in [4.78, 5) is 32.2. The van der Waals surface area contributed by atoms with Crippen molar-refractivity contribution in [2.75, 3.05) is 26.3 Å². The van der Waals surface area contributed by atoms with Crippen molar-refractivity contribution in [1.29, 1.82) is 0 Å². The first kappa shape index (κ1) is 23.3. The van der Waals surface area contributed by atoms with Gasteiger partial charge >= 0.3 is 6.03 Å². The molecule has 4 rings (SSSR count). The summed E-state index contributed by atoms with van der Waals surface area (Å²) in [6.07, 6.45) is 1.84. The van der Waals surface area contributed by atoms with E-state index in [4.69, 9.17) is 4.74 Å². The second kappa shape index (κ2) is 10.4. The fourth-order valence-corrected chi connectivity index (χ4v) is 4.18. The summed E-state index contributed by atoms with van der Waals surface area (Å²) in [5, 5.41) is 3.38. The number of aromatic nitrogens is 1. The number of ether oxygens (including phenoxy) is 1. The third kappa shape index (κ3) is 5.75. The van der Waals surface area contributed by atoms with Crippen molar-refractivity contribution in [2.45, 2.75) is 45.8 Å². The Morgan fingerprint density at radius 3 is 2.55 bits per heavy atom. The summed E-state index contributed by atoms with van der Waals surface area (Å²) < 4.78 is 19.7. The predicted octanol–water partition coefficient (Wildman–Crippen LogP) is 3.58. The molecular formula is C25H31FN4O3. The molecule has 8 heteroatoms. The minimum atomic E-state index is -0.321. The highest BCUT2D eigenvalue weighted by Crippen LogP contribution is 2.22. The maximum absolute atomic E-state index is 14.3. The standard InChI is InChI=1S/C25H31FN4O3/c1-17(2)14-30-24(31)16-29(25(30)32)15-18-3-5-19(6-4-18)22-8-7-21(26)23(28-22)13-27-20-9-11-33-12-10-20/h3-8,17,20,27H,9-16H2,1-2H3. The molecule has 0 spiro atoms. The Morgan fingerprint density at radius 2 is 1.85 bits per heavy atom. The highest BCUT2D eigenvalue weighted by molar-refractivity contribution is 6.01. The highest BCUT2D eigenvalue weighted by Gasteiger charge is 2.35. The number of carbonyl (C=O) groups is 2. The number of carbonyl (C=O) groups excluding carboxylic acids is 2. The monoisotopic (exact) mass is 454 g/mol. The van der Waals surface area contributed by atoms with E-state index >= 15 is 0 Å². The second-order valence-corrected chi connectivity index (χ2v) is 9.13. The van der Waals surface area contributed by atoms with Gasteiger partial charge in [0.2, 0.25) is 5.91 Å². The van der Waals surface area contributed by atoms with Gasteiger partial charge in [0.15, 0.2) is 0 Å². The Labute approximate surface area is 193 Å². The van der Waals surface area contributed by atoms with Gasteiger partial charge in [-0.25, -0.2) is 14.2 Å². The topological polar surface area (TPSA) is 74.8 Å². The van der Waals surface area contributed by atoms with Crippen molar-refractivity contribution in [1.82, 2.24) is 20.1 Å². The van der Waals surface area contributed by atoms with E-state index < -0.39 is 0 Å². The SMILES string of the molecule is CC(C)CN1C(=O)CN(Cc2ccc(-c3ccc(F)c(CNC4CCOCC4)n3)cc2)C1=O. The van der Waals surface area contributed by atoms with E-state index in [-0.39, 0.29) is 30.2 Å². The summed E-state index contributed by atoms with van der Waals surface area (Å²) >= 11 is 0. The number of hydrogen-bond donors (Lipinski definition) is 1. The van der Waals surface area contributed by atoms with Crippen LogP contribution in [0, 0.1) is 11.7 Å². The third-order valence-corrected chi connectivity index (χ3v) is 6.00. The molecule has 2 saturated heterocycles. The number of urea groups is 1. The molecule has 3 amide bonds. The molecule has 176 valence electrons. The minimum absolute atomic E-state index is 0.107. The lowest BCUT2D eigenvalue weighted by molar-refractivity contribution is -0.125. The number of nitrogens with one attached hydrogen (secondary N) is 1. The molecule has 3 heterocycles. The molecule has 2 aliphatic heterocycles. The van der Waals surface area contributed by atoms with Crippen LogP contribution < -0.4 is 5.32 Å². The minimum Gasteiger partial charge on any atom is -0.381 e. The fourth-order valence-electron chi connectivity index (χ4n) is 4.18. The average Bonchev–Trinajstić information content (AvgIpc) is 3.07. The van der Waals surface area contributed by atoms with Gasteiger partial charge in [0, 0.05) is 44.5 Å². The van der Waals surface area contributed by atoms with Crippen molar-refractivity contribution < 1.29 is 18.7 Å². The number of benzene rings is 1. The van der Waals surface area contributed by atoms with E-state index in [1.165, 1.54) is 11.0 Å². The number of hydrogen-bond acceptors (Lipinski definition) is 5. The van der Waals surface area contributed by atoms with Gasteiger partial charge in [0.1, 0.15) is 12.4 Å². The molecule has 0 radical (unpaired) electrons. The third-order valence-electron chi connectivity index (χ3n) is 6.00. The smallest absolute Gasteiger partial charge is 0.327 e. The number of pyridine rings is 1. The molecule has 2 aromatic rings. The van der Waals surface area contributed by atoms with E-state index in [0.29, 0.717) is 37.1 Å². The number of nitrogens with zero attached hydrogens (tertiary/aromatic N) is 3. The van der Waals surface area contributed by atoms with Gasteiger partial charge in [0.05, 0.1) is 11.4 Å². The lowest BCUT2D eigenvalue weighted by Gasteiger charge is -2.23. The molecule has 1 aromatic heterocycles. The summed E-state index contributed by atoms with van der Waals surface area (Å²) in [7, 11) is 0. The average molecular weight is 455 g/mol. The molecule has 1 N–H and O–H groups in total. The van der Waals surface area contributed by atoms with Gasteiger partial charge < -0.3 is 15.0 Å². The maximum atomic E-state index is 14.3. The largest absolute Gasteiger partial charge is 0.381 e. The van der Waals surface area contributed by atoms with Crippen LogP contribution in [0.25, 0.3) is 11.3 Å². The van der Waals surface area contributed by atoms with Crippen molar-refractivity contribution >= 4 is 11.9 Å². The predicted molar refractivity (Wildman–Crippen MR) is 123 cm³/mol. The Balaban J connectivity index is 1.40. The van der Waals surface area contributed by atoms with Crippen molar-refractivity contribution in [2.24, 2.45) is 5.92 Å². The summed E-state index contributed by atoms with van der Waals surface area (Å²) in [6, 6.07) is 10.9. The van der Waals surface area contributed by atoms with Gasteiger partial charge in [-0.1, -0.05) is 38.1 Å². The van der Waals surface area contributed by atoms with E-state index in [1.807, 2.05) is 38.1 Å². The van der Waals surface area contributed by atoms with Crippen molar-refractivity contribution in [3.8, 4) is 11.3 Å². The molecule has 2 aliphatic rings. The van der Waals surface area contributed by atoms with Crippen LogP contribution in [-0.2, 0) is 22.6 Å². The van der Waals surface area contributed by atoms with Gasteiger partial charge in [0.25, 0.3) is 0 Å². The van der Waals surface area contributed by atoms with Gasteiger partial charge in [-0.05, 0) is 36.5 Å². The van der Waals surface area contributed by atoms with Crippen LogP contribution in [0.1, 0.15) is 37.9 Å². The lowest BCUT2D eigenvalue weighted by Crippen LogP contribution is -2.35. The van der Waals surface area contributed by atoms with E-state index in [9.17, 15) is 14.0 Å². The molecule has 7 nitrogen and oxygen atoms in total. The molecule has 0 atom stereocenters. The normalized spacial score (nSPS) is 17.5. The molecular weight excluding hydrogens is 423 g/mol. The molecule has 0 bridgehead atoms. The van der Waals surface area contributed by atoms with E-state index in [1.54, 1.807) is 11.0 Å². The van der Waals surface area contributed by atoms with Crippen LogP contribution in [-0.4, -0.2) is 59.1 Å². The number of halogens is 1. The summed E-state index contributed by atoms with van der Waals surface area (Å²) in [5.74, 6) is -0.238. The molecule has 33 heavy (non-hydrogen) atoms. The van der Waals surface area contributed by atoms with Gasteiger partial charge in [-0.2, -0.15) is 0 Å². The molecule has 1 aromatic carbocycles. The van der Waals surface area contributed by atoms with Crippen molar-refractivity contribution in [3.05, 3.63) is 53.5 Å². The maximum Gasteiger partial charge on any atom is 0.327 e.